The van der Waals surface area contributed by atoms with E-state index in [1.54, 1.807) is 0 Å². The molecule has 2 saturated heterocycles. The lowest BCUT2D eigenvalue weighted by Gasteiger charge is -2.38. The van der Waals surface area contributed by atoms with E-state index in [9.17, 15) is 4.79 Å². The highest BCUT2D eigenvalue weighted by atomic mass is 16.5. The van der Waals surface area contributed by atoms with E-state index in [0.717, 1.165) is 45.4 Å². The number of carbonyl (C=O) groups is 1. The van der Waals surface area contributed by atoms with Crippen LogP contribution in [0.3, 0.4) is 0 Å². The van der Waals surface area contributed by atoms with Gasteiger partial charge in [0, 0.05) is 38.3 Å². The SMILES string of the molecule is CC(N)C1CCCCN1C(=O)CCC1CCOC1. The molecule has 2 rings (SSSR count). The Morgan fingerprint density at radius 3 is 2.94 bits per heavy atom. The Morgan fingerprint density at radius 2 is 2.28 bits per heavy atom. The van der Waals surface area contributed by atoms with Crippen LogP contribution in [-0.4, -0.2) is 42.6 Å². The number of rotatable bonds is 4. The molecule has 0 aromatic carbocycles. The zero-order chi connectivity index (χ0) is 13.0. The number of carbonyl (C=O) groups excluding carboxylic acids is 1. The molecule has 3 unspecified atom stereocenters. The fraction of sp³-hybridized carbons (Fsp3) is 0.929. The van der Waals surface area contributed by atoms with E-state index in [2.05, 4.69) is 0 Å². The smallest absolute Gasteiger partial charge is 0.222 e. The predicted molar refractivity (Wildman–Crippen MR) is 71.2 cm³/mol. The maximum absolute atomic E-state index is 12.3. The number of piperidine rings is 1. The van der Waals surface area contributed by atoms with Gasteiger partial charge in [-0.1, -0.05) is 0 Å². The summed E-state index contributed by atoms with van der Waals surface area (Å²) < 4.78 is 5.35. The fourth-order valence-corrected chi connectivity index (χ4v) is 3.10. The summed E-state index contributed by atoms with van der Waals surface area (Å²) in [5.74, 6) is 0.886. The molecule has 2 N–H and O–H groups in total. The minimum absolute atomic E-state index is 0.0871. The third kappa shape index (κ3) is 3.45. The van der Waals surface area contributed by atoms with Crippen LogP contribution in [0.25, 0.3) is 0 Å². The first-order valence-corrected chi connectivity index (χ1v) is 7.31. The number of nitrogens with two attached hydrogens (primary N) is 1. The van der Waals surface area contributed by atoms with E-state index in [1.165, 1.54) is 6.42 Å². The minimum Gasteiger partial charge on any atom is -0.381 e. The van der Waals surface area contributed by atoms with E-state index < -0.39 is 0 Å². The summed E-state index contributed by atoms with van der Waals surface area (Å²) in [7, 11) is 0. The summed E-state index contributed by atoms with van der Waals surface area (Å²) in [6.07, 6.45) is 6.14. The van der Waals surface area contributed by atoms with E-state index in [1.807, 2.05) is 11.8 Å². The summed E-state index contributed by atoms with van der Waals surface area (Å²) >= 11 is 0. The number of ether oxygens (including phenoxy) is 1. The lowest BCUT2D eigenvalue weighted by molar-refractivity contribution is -0.135. The molecule has 2 aliphatic rings. The lowest BCUT2D eigenvalue weighted by Crippen LogP contribution is -2.51. The second-order valence-corrected chi connectivity index (χ2v) is 5.78. The van der Waals surface area contributed by atoms with Crippen molar-refractivity contribution in [3.8, 4) is 0 Å². The Bertz CT molecular complexity index is 275. The molecule has 3 atom stereocenters. The van der Waals surface area contributed by atoms with Gasteiger partial charge in [-0.25, -0.2) is 0 Å². The molecule has 0 aromatic rings. The summed E-state index contributed by atoms with van der Waals surface area (Å²) in [4.78, 5) is 14.3. The molecule has 0 aromatic heterocycles. The third-order valence-electron chi connectivity index (χ3n) is 4.27. The zero-order valence-corrected chi connectivity index (χ0v) is 11.4. The van der Waals surface area contributed by atoms with Crippen molar-refractivity contribution in [3.63, 3.8) is 0 Å². The summed E-state index contributed by atoms with van der Waals surface area (Å²) in [6.45, 7) is 4.61. The molecule has 0 spiro atoms. The van der Waals surface area contributed by atoms with Crippen molar-refractivity contribution in [2.24, 2.45) is 11.7 Å². The first kappa shape index (κ1) is 13.8. The highest BCUT2D eigenvalue weighted by molar-refractivity contribution is 5.76. The molecule has 0 radical (unpaired) electrons. The van der Waals surface area contributed by atoms with Crippen LogP contribution in [0.2, 0.25) is 0 Å². The van der Waals surface area contributed by atoms with E-state index in [-0.39, 0.29) is 12.1 Å². The van der Waals surface area contributed by atoms with Crippen LogP contribution in [0.1, 0.15) is 45.4 Å². The first-order valence-electron chi connectivity index (χ1n) is 7.31. The molecule has 2 heterocycles. The van der Waals surface area contributed by atoms with Crippen molar-refractivity contribution >= 4 is 5.91 Å². The highest BCUT2D eigenvalue weighted by Gasteiger charge is 2.29. The van der Waals surface area contributed by atoms with Crippen LogP contribution in [0, 0.1) is 5.92 Å². The first-order chi connectivity index (χ1) is 8.68. The van der Waals surface area contributed by atoms with Crippen molar-refractivity contribution in [1.29, 1.82) is 0 Å². The van der Waals surface area contributed by atoms with Crippen LogP contribution in [0.5, 0.6) is 0 Å². The zero-order valence-electron chi connectivity index (χ0n) is 11.4. The minimum atomic E-state index is 0.0871. The topological polar surface area (TPSA) is 55.6 Å². The number of likely N-dealkylation sites (tertiary alicyclic amines) is 1. The molecule has 2 fully saturated rings. The molecule has 104 valence electrons. The Labute approximate surface area is 110 Å². The van der Waals surface area contributed by atoms with Gasteiger partial charge in [0.05, 0.1) is 0 Å². The van der Waals surface area contributed by atoms with Crippen LogP contribution in [0.4, 0.5) is 0 Å². The van der Waals surface area contributed by atoms with Crippen LogP contribution < -0.4 is 5.73 Å². The van der Waals surface area contributed by atoms with Crippen LogP contribution in [0.15, 0.2) is 0 Å². The lowest BCUT2D eigenvalue weighted by atomic mass is 9.95. The highest BCUT2D eigenvalue weighted by Crippen LogP contribution is 2.23. The maximum atomic E-state index is 12.3. The van der Waals surface area contributed by atoms with Gasteiger partial charge in [0.15, 0.2) is 0 Å². The maximum Gasteiger partial charge on any atom is 0.222 e. The molecule has 0 aliphatic carbocycles. The van der Waals surface area contributed by atoms with Crippen LogP contribution in [-0.2, 0) is 9.53 Å². The fourth-order valence-electron chi connectivity index (χ4n) is 3.10. The van der Waals surface area contributed by atoms with E-state index >= 15 is 0 Å². The predicted octanol–water partition coefficient (Wildman–Crippen LogP) is 1.53. The number of amides is 1. The third-order valence-corrected chi connectivity index (χ3v) is 4.27. The van der Waals surface area contributed by atoms with Gasteiger partial charge in [-0.15, -0.1) is 0 Å². The Kier molecular flexibility index (Phi) is 5.01. The second kappa shape index (κ2) is 6.53. The number of hydrogen-bond donors (Lipinski definition) is 1. The van der Waals surface area contributed by atoms with Gasteiger partial charge in [-0.3, -0.25) is 4.79 Å². The van der Waals surface area contributed by atoms with Crippen molar-refractivity contribution in [2.75, 3.05) is 19.8 Å². The standard InChI is InChI=1S/C14H26N2O2/c1-11(15)13-4-2-3-8-16(13)14(17)6-5-12-7-9-18-10-12/h11-13H,2-10,15H2,1H3. The number of nitrogens with zero attached hydrogens (tertiary/aromatic N) is 1. The Balaban J connectivity index is 1.81. The summed E-state index contributed by atoms with van der Waals surface area (Å²) in [5, 5.41) is 0. The van der Waals surface area contributed by atoms with Crippen molar-refractivity contribution in [3.05, 3.63) is 0 Å². The van der Waals surface area contributed by atoms with Crippen molar-refractivity contribution in [1.82, 2.24) is 4.90 Å². The van der Waals surface area contributed by atoms with Crippen molar-refractivity contribution in [2.45, 2.75) is 57.5 Å². The summed E-state index contributed by atoms with van der Waals surface area (Å²) in [5.41, 5.74) is 6.00. The molecule has 0 bridgehead atoms. The largest absolute Gasteiger partial charge is 0.381 e. The molecular formula is C14H26N2O2. The Morgan fingerprint density at radius 1 is 1.44 bits per heavy atom. The van der Waals surface area contributed by atoms with Gasteiger partial charge in [-0.05, 0) is 44.9 Å². The van der Waals surface area contributed by atoms with Crippen LogP contribution >= 0.6 is 0 Å². The quantitative estimate of drug-likeness (QED) is 0.828. The molecule has 4 nitrogen and oxygen atoms in total. The van der Waals surface area contributed by atoms with Gasteiger partial charge in [-0.2, -0.15) is 0 Å². The van der Waals surface area contributed by atoms with Gasteiger partial charge in [0.2, 0.25) is 5.91 Å². The summed E-state index contributed by atoms with van der Waals surface area (Å²) in [6, 6.07) is 0.343. The molecule has 2 aliphatic heterocycles. The van der Waals surface area contributed by atoms with Gasteiger partial charge < -0.3 is 15.4 Å². The van der Waals surface area contributed by atoms with Gasteiger partial charge in [0.1, 0.15) is 0 Å². The molecule has 18 heavy (non-hydrogen) atoms. The second-order valence-electron chi connectivity index (χ2n) is 5.78. The number of hydrogen-bond acceptors (Lipinski definition) is 3. The average molecular weight is 254 g/mol. The molecular weight excluding hydrogens is 228 g/mol. The van der Waals surface area contributed by atoms with E-state index in [0.29, 0.717) is 18.2 Å². The van der Waals surface area contributed by atoms with E-state index in [4.69, 9.17) is 10.5 Å². The molecule has 1 amide bonds. The van der Waals surface area contributed by atoms with Gasteiger partial charge >= 0.3 is 0 Å². The Hall–Kier alpha value is -0.610. The average Bonchev–Trinajstić information content (AvgIpc) is 2.89. The molecule has 0 saturated carbocycles. The van der Waals surface area contributed by atoms with Crippen molar-refractivity contribution < 1.29 is 9.53 Å². The normalized spacial score (nSPS) is 30.4. The monoisotopic (exact) mass is 254 g/mol. The molecule has 4 heteroatoms. The van der Waals surface area contributed by atoms with Gasteiger partial charge in [0.25, 0.3) is 0 Å².